The van der Waals surface area contributed by atoms with Gasteiger partial charge in [-0.15, -0.1) is 0 Å². The van der Waals surface area contributed by atoms with Gasteiger partial charge in [-0.3, -0.25) is 9.59 Å². The first-order valence-corrected chi connectivity index (χ1v) is 6.29. The molecule has 0 spiro atoms. The number of hydrogen-bond donors (Lipinski definition) is 1. The molecular formula is C14H17N3O3. The van der Waals surface area contributed by atoms with Crippen LogP contribution >= 0.6 is 0 Å². The van der Waals surface area contributed by atoms with E-state index >= 15 is 0 Å². The lowest BCUT2D eigenvalue weighted by Crippen LogP contribution is -2.40. The second-order valence-corrected chi connectivity index (χ2v) is 4.41. The average Bonchev–Trinajstić information content (AvgIpc) is 2.48. The van der Waals surface area contributed by atoms with E-state index in [1.807, 2.05) is 24.3 Å². The van der Waals surface area contributed by atoms with Crippen molar-refractivity contribution < 1.29 is 4.74 Å². The molecule has 1 aromatic carbocycles. The summed E-state index contributed by atoms with van der Waals surface area (Å²) in [6, 6.07) is 7.43. The van der Waals surface area contributed by atoms with Crippen molar-refractivity contribution in [3.05, 3.63) is 62.9 Å². The van der Waals surface area contributed by atoms with E-state index in [0.717, 1.165) is 5.56 Å². The molecule has 0 saturated heterocycles. The fourth-order valence-corrected chi connectivity index (χ4v) is 1.75. The van der Waals surface area contributed by atoms with Crippen LogP contribution in [0.5, 0.6) is 5.75 Å². The van der Waals surface area contributed by atoms with Crippen molar-refractivity contribution in [3.63, 3.8) is 0 Å². The highest BCUT2D eigenvalue weighted by Crippen LogP contribution is 2.11. The van der Waals surface area contributed by atoms with Gasteiger partial charge in [-0.2, -0.15) is 0 Å². The Morgan fingerprint density at radius 3 is 2.45 bits per heavy atom. The van der Waals surface area contributed by atoms with E-state index in [-0.39, 0.29) is 0 Å². The van der Waals surface area contributed by atoms with Crippen LogP contribution in [0.2, 0.25) is 0 Å². The maximum Gasteiger partial charge on any atom is 0.316 e. The molecule has 0 unspecified atom stereocenters. The summed E-state index contributed by atoms with van der Waals surface area (Å²) < 4.78 is 8.12. The van der Waals surface area contributed by atoms with E-state index in [2.05, 4.69) is 0 Å². The summed E-state index contributed by atoms with van der Waals surface area (Å²) in [6.45, 7) is 1.13. The Morgan fingerprint density at radius 1 is 1.10 bits per heavy atom. The zero-order chi connectivity index (χ0) is 14.5. The van der Waals surface area contributed by atoms with E-state index in [1.54, 1.807) is 19.4 Å². The Morgan fingerprint density at radius 2 is 1.80 bits per heavy atom. The molecule has 0 fully saturated rings. The normalized spacial score (nSPS) is 10.5. The molecule has 0 aliphatic rings. The van der Waals surface area contributed by atoms with Crippen LogP contribution in [0.3, 0.4) is 0 Å². The topological polar surface area (TPSA) is 79.2 Å². The standard InChI is InChI=1S/C14H17N3O3/c1-16-6-7-17(14(19)13(16)18)8-9-20-12-4-2-11(10-15)3-5-12/h2-7H,8-10,15H2,1H3. The van der Waals surface area contributed by atoms with Crippen LogP contribution in [0.25, 0.3) is 0 Å². The summed E-state index contributed by atoms with van der Waals surface area (Å²) in [5.41, 5.74) is 5.45. The number of ether oxygens (including phenoxy) is 1. The molecule has 2 aromatic rings. The fourth-order valence-electron chi connectivity index (χ4n) is 1.75. The molecule has 6 nitrogen and oxygen atoms in total. The molecule has 6 heteroatoms. The number of benzene rings is 1. The van der Waals surface area contributed by atoms with Crippen molar-refractivity contribution in [1.29, 1.82) is 0 Å². The lowest BCUT2D eigenvalue weighted by Gasteiger charge is -2.09. The molecule has 0 amide bonds. The van der Waals surface area contributed by atoms with Gasteiger partial charge >= 0.3 is 11.1 Å². The van der Waals surface area contributed by atoms with E-state index in [9.17, 15) is 9.59 Å². The van der Waals surface area contributed by atoms with Gasteiger partial charge in [-0.25, -0.2) is 0 Å². The molecule has 0 radical (unpaired) electrons. The van der Waals surface area contributed by atoms with Crippen LogP contribution in [0, 0.1) is 0 Å². The van der Waals surface area contributed by atoms with Crippen LogP contribution in [-0.2, 0) is 20.1 Å². The lowest BCUT2D eigenvalue weighted by molar-refractivity contribution is 0.295. The lowest BCUT2D eigenvalue weighted by atomic mass is 10.2. The van der Waals surface area contributed by atoms with Gasteiger partial charge in [0.05, 0.1) is 6.54 Å². The van der Waals surface area contributed by atoms with Crippen LogP contribution in [0.1, 0.15) is 5.56 Å². The van der Waals surface area contributed by atoms with Crippen molar-refractivity contribution in [2.45, 2.75) is 13.1 Å². The van der Waals surface area contributed by atoms with E-state index in [4.69, 9.17) is 10.5 Å². The maximum atomic E-state index is 11.7. The summed E-state index contributed by atoms with van der Waals surface area (Å²) in [6.07, 6.45) is 3.13. The first kappa shape index (κ1) is 14.1. The van der Waals surface area contributed by atoms with Crippen molar-refractivity contribution in [1.82, 2.24) is 9.13 Å². The summed E-state index contributed by atoms with van der Waals surface area (Å²) in [5.74, 6) is 0.707. The van der Waals surface area contributed by atoms with Crippen LogP contribution < -0.4 is 21.6 Å². The van der Waals surface area contributed by atoms with Gasteiger partial charge in [0.1, 0.15) is 12.4 Å². The van der Waals surface area contributed by atoms with Gasteiger partial charge in [0.2, 0.25) is 0 Å². The highest BCUT2D eigenvalue weighted by molar-refractivity contribution is 5.26. The first-order valence-electron chi connectivity index (χ1n) is 6.29. The molecule has 20 heavy (non-hydrogen) atoms. The molecule has 2 rings (SSSR count). The van der Waals surface area contributed by atoms with Gasteiger partial charge in [-0.05, 0) is 17.7 Å². The molecule has 106 valence electrons. The minimum Gasteiger partial charge on any atom is -0.492 e. The molecule has 0 aliphatic carbocycles. The van der Waals surface area contributed by atoms with E-state index in [1.165, 1.54) is 9.13 Å². The summed E-state index contributed by atoms with van der Waals surface area (Å²) in [7, 11) is 1.55. The smallest absolute Gasteiger partial charge is 0.316 e. The molecule has 0 atom stereocenters. The number of nitrogens with zero attached hydrogens (tertiary/aromatic N) is 2. The minimum atomic E-state index is -0.544. The highest BCUT2D eigenvalue weighted by atomic mass is 16.5. The van der Waals surface area contributed by atoms with Crippen LogP contribution in [0.4, 0.5) is 0 Å². The predicted molar refractivity (Wildman–Crippen MR) is 75.8 cm³/mol. The Hall–Kier alpha value is -2.34. The summed E-state index contributed by atoms with van der Waals surface area (Å²) in [4.78, 5) is 23.1. The van der Waals surface area contributed by atoms with Crippen molar-refractivity contribution in [2.24, 2.45) is 12.8 Å². The molecular weight excluding hydrogens is 258 g/mol. The highest BCUT2D eigenvalue weighted by Gasteiger charge is 2.02. The zero-order valence-corrected chi connectivity index (χ0v) is 11.3. The van der Waals surface area contributed by atoms with Gasteiger partial charge in [0.25, 0.3) is 0 Å². The van der Waals surface area contributed by atoms with Gasteiger partial charge in [0.15, 0.2) is 0 Å². The minimum absolute atomic E-state index is 0.315. The number of aromatic nitrogens is 2. The Bertz CT molecular complexity index is 686. The quantitative estimate of drug-likeness (QED) is 0.784. The van der Waals surface area contributed by atoms with Crippen LogP contribution in [0.15, 0.2) is 46.2 Å². The third kappa shape index (κ3) is 3.16. The summed E-state index contributed by atoms with van der Waals surface area (Å²) >= 11 is 0. The number of nitrogens with two attached hydrogens (primary N) is 1. The second-order valence-electron chi connectivity index (χ2n) is 4.41. The van der Waals surface area contributed by atoms with E-state index in [0.29, 0.717) is 25.4 Å². The Balaban J connectivity index is 1.97. The number of rotatable bonds is 5. The third-order valence-electron chi connectivity index (χ3n) is 2.99. The fraction of sp³-hybridized carbons (Fsp3) is 0.286. The molecule has 0 saturated carbocycles. The largest absolute Gasteiger partial charge is 0.492 e. The maximum absolute atomic E-state index is 11.7. The van der Waals surface area contributed by atoms with Crippen LogP contribution in [-0.4, -0.2) is 15.7 Å². The van der Waals surface area contributed by atoms with E-state index < -0.39 is 11.1 Å². The van der Waals surface area contributed by atoms with Gasteiger partial charge in [0, 0.05) is 26.0 Å². The van der Waals surface area contributed by atoms with Crippen molar-refractivity contribution in [3.8, 4) is 5.75 Å². The zero-order valence-electron chi connectivity index (χ0n) is 11.3. The Labute approximate surface area is 116 Å². The van der Waals surface area contributed by atoms with Crippen molar-refractivity contribution >= 4 is 0 Å². The average molecular weight is 275 g/mol. The molecule has 1 heterocycles. The molecule has 0 bridgehead atoms. The summed E-state index contributed by atoms with van der Waals surface area (Å²) in [5, 5.41) is 0. The predicted octanol–water partition coefficient (Wildman–Crippen LogP) is 0.0847. The molecule has 1 aromatic heterocycles. The monoisotopic (exact) mass is 275 g/mol. The van der Waals surface area contributed by atoms with Gasteiger partial charge in [-0.1, -0.05) is 12.1 Å². The third-order valence-corrected chi connectivity index (χ3v) is 2.99. The first-order chi connectivity index (χ1) is 9.61. The number of aryl methyl sites for hydroxylation is 1. The number of hydrogen-bond acceptors (Lipinski definition) is 4. The molecule has 2 N–H and O–H groups in total. The van der Waals surface area contributed by atoms with Crippen molar-refractivity contribution in [2.75, 3.05) is 6.61 Å². The Kier molecular flexibility index (Phi) is 4.37. The second kappa shape index (κ2) is 6.21. The molecule has 0 aliphatic heterocycles. The SMILES string of the molecule is Cn1ccn(CCOc2ccc(CN)cc2)c(=O)c1=O. The van der Waals surface area contributed by atoms with Gasteiger partial charge < -0.3 is 19.6 Å².